The summed E-state index contributed by atoms with van der Waals surface area (Å²) in [6.07, 6.45) is -0.840. The van der Waals surface area contributed by atoms with Crippen LogP contribution in [0.3, 0.4) is 0 Å². The number of ether oxygens (including phenoxy) is 2. The Kier molecular flexibility index (Phi) is 9.09. The van der Waals surface area contributed by atoms with E-state index in [1.807, 2.05) is 0 Å². The number of methoxy groups -OCH3 is 1. The highest BCUT2D eigenvalue weighted by molar-refractivity contribution is 5.98. The second kappa shape index (κ2) is 13.3. The Morgan fingerprint density at radius 1 is 1.08 bits per heavy atom. The molecule has 12 nitrogen and oxygen atoms in total. The molecule has 50 heavy (non-hydrogen) atoms. The molecule has 17 heteroatoms. The van der Waals surface area contributed by atoms with Gasteiger partial charge in [-0.15, -0.1) is 0 Å². The number of anilines is 1. The number of aryl methyl sites for hydroxylation is 1. The van der Waals surface area contributed by atoms with Crippen LogP contribution in [-0.2, 0) is 27.7 Å². The van der Waals surface area contributed by atoms with Crippen LogP contribution in [0.1, 0.15) is 15.9 Å². The smallest absolute Gasteiger partial charge is 0.411 e. The minimum atomic E-state index is -4.76. The lowest BCUT2D eigenvalue weighted by atomic mass is 9.99. The highest BCUT2D eigenvalue weighted by Gasteiger charge is 2.46. The summed E-state index contributed by atoms with van der Waals surface area (Å²) < 4.78 is 83.3. The molecule has 0 unspecified atom stereocenters. The van der Waals surface area contributed by atoms with Gasteiger partial charge in [-0.2, -0.15) is 13.2 Å². The van der Waals surface area contributed by atoms with Gasteiger partial charge in [0, 0.05) is 49.7 Å². The van der Waals surface area contributed by atoms with Gasteiger partial charge in [-0.05, 0) is 35.9 Å². The number of benzene rings is 2. The maximum Gasteiger partial charge on any atom is 0.411 e. The van der Waals surface area contributed by atoms with Crippen molar-refractivity contribution < 1.29 is 41.0 Å². The van der Waals surface area contributed by atoms with Gasteiger partial charge in [0.05, 0.1) is 42.4 Å². The van der Waals surface area contributed by atoms with Crippen molar-refractivity contribution in [1.29, 1.82) is 0 Å². The van der Waals surface area contributed by atoms with Crippen LogP contribution < -0.4 is 21.5 Å². The quantitative estimate of drug-likeness (QED) is 0.201. The molecule has 1 aliphatic rings. The van der Waals surface area contributed by atoms with Crippen LogP contribution >= 0.6 is 0 Å². The Morgan fingerprint density at radius 2 is 1.82 bits per heavy atom. The van der Waals surface area contributed by atoms with Gasteiger partial charge < -0.3 is 19.7 Å². The van der Waals surface area contributed by atoms with Crippen LogP contribution in [0.4, 0.5) is 27.6 Å². The first-order chi connectivity index (χ1) is 23.8. The minimum Gasteiger partial charge on any atom is -0.467 e. The predicted molar refractivity (Wildman–Crippen MR) is 169 cm³/mol. The van der Waals surface area contributed by atoms with Gasteiger partial charge in [-0.1, -0.05) is 12.1 Å². The van der Waals surface area contributed by atoms with Gasteiger partial charge in [0.25, 0.3) is 11.5 Å². The van der Waals surface area contributed by atoms with E-state index in [0.717, 1.165) is 16.6 Å². The van der Waals surface area contributed by atoms with E-state index in [1.54, 1.807) is 12.1 Å². The summed E-state index contributed by atoms with van der Waals surface area (Å²) in [6.45, 7) is -1.16. The molecule has 0 radical (unpaired) electrons. The summed E-state index contributed by atoms with van der Waals surface area (Å²) in [5, 5.41) is 2.81. The molecule has 0 aliphatic carbocycles. The molecule has 0 spiro atoms. The average Bonchev–Trinajstić information content (AvgIpc) is 3.10. The Hall–Kier alpha value is -5.71. The number of carbonyl (C=O) groups excluding carboxylic acids is 2. The number of morpholine rings is 1. The molecule has 4 heterocycles. The van der Waals surface area contributed by atoms with Crippen molar-refractivity contribution in [3.05, 3.63) is 105 Å². The summed E-state index contributed by atoms with van der Waals surface area (Å²) in [4.78, 5) is 62.0. The number of nitrogens with one attached hydrogen (secondary N) is 1. The van der Waals surface area contributed by atoms with E-state index in [-0.39, 0.29) is 36.2 Å². The molecular weight excluding hydrogens is 671 g/mol. The predicted octanol–water partition coefficient (Wildman–Crippen LogP) is 3.19. The van der Waals surface area contributed by atoms with Crippen LogP contribution in [0.2, 0.25) is 0 Å². The molecule has 1 aliphatic heterocycles. The van der Waals surface area contributed by atoms with Crippen molar-refractivity contribution in [2.75, 3.05) is 31.8 Å². The lowest BCUT2D eigenvalue weighted by Gasteiger charge is -2.38. The number of esters is 1. The second-order valence-electron chi connectivity index (χ2n) is 11.4. The summed E-state index contributed by atoms with van der Waals surface area (Å²) >= 11 is 0. The van der Waals surface area contributed by atoms with E-state index in [1.165, 1.54) is 48.4 Å². The number of fused-ring (bicyclic) bond motifs is 2. The number of rotatable bonds is 7. The zero-order valence-corrected chi connectivity index (χ0v) is 26.3. The van der Waals surface area contributed by atoms with Crippen molar-refractivity contribution in [3.63, 3.8) is 0 Å². The summed E-state index contributed by atoms with van der Waals surface area (Å²) in [5.74, 6) is -5.25. The fraction of sp³-hybridized carbons (Fsp3) is 0.273. The SMILES string of the molecule is COC(=O)[C@H](Cc1ccc(-n2c(=O)c3cnccc3n(C)c2=O)c2ncccc12)NC(=O)c1c(F)cc(N2CCOC[C@@H]2C(F)(F)F)cc1F. The molecular formula is C33H27F5N6O6. The Labute approximate surface area is 278 Å². The topological polar surface area (TPSA) is 138 Å². The van der Waals surface area contributed by atoms with Crippen molar-refractivity contribution in [1.82, 2.24) is 24.4 Å². The average molecular weight is 699 g/mol. The number of amides is 1. The molecule has 1 amide bonds. The van der Waals surface area contributed by atoms with Crippen molar-refractivity contribution in [3.8, 4) is 5.69 Å². The fourth-order valence-electron chi connectivity index (χ4n) is 6.00. The van der Waals surface area contributed by atoms with Crippen LogP contribution in [-0.4, -0.2) is 76.1 Å². The van der Waals surface area contributed by atoms with Crippen LogP contribution in [0.25, 0.3) is 27.5 Å². The first-order valence-electron chi connectivity index (χ1n) is 15.0. The largest absolute Gasteiger partial charge is 0.467 e. The maximum absolute atomic E-state index is 15.3. The van der Waals surface area contributed by atoms with E-state index < -0.39 is 70.9 Å². The van der Waals surface area contributed by atoms with E-state index in [4.69, 9.17) is 9.47 Å². The fourth-order valence-corrected chi connectivity index (χ4v) is 6.00. The molecule has 260 valence electrons. The van der Waals surface area contributed by atoms with Crippen molar-refractivity contribution in [2.24, 2.45) is 7.05 Å². The van der Waals surface area contributed by atoms with Crippen molar-refractivity contribution in [2.45, 2.75) is 24.7 Å². The number of carbonyl (C=O) groups is 2. The normalized spacial score (nSPS) is 15.7. The summed E-state index contributed by atoms with van der Waals surface area (Å²) in [6, 6.07) is 5.18. The van der Waals surface area contributed by atoms with Crippen molar-refractivity contribution >= 4 is 39.4 Å². The first-order valence-corrected chi connectivity index (χ1v) is 15.0. The van der Waals surface area contributed by atoms with Gasteiger partial charge in [0.2, 0.25) is 0 Å². The third-order valence-corrected chi connectivity index (χ3v) is 8.46. The van der Waals surface area contributed by atoms with Crippen LogP contribution in [0.15, 0.2) is 70.6 Å². The molecule has 2 aromatic carbocycles. The van der Waals surface area contributed by atoms with E-state index in [9.17, 15) is 32.3 Å². The van der Waals surface area contributed by atoms with E-state index >= 15 is 8.78 Å². The lowest BCUT2D eigenvalue weighted by Crippen LogP contribution is -2.53. The van der Waals surface area contributed by atoms with E-state index in [0.29, 0.717) is 28.6 Å². The molecule has 1 N–H and O–H groups in total. The molecule has 3 aromatic heterocycles. The zero-order chi connectivity index (χ0) is 35.9. The highest BCUT2D eigenvalue weighted by atomic mass is 19.4. The standard InChI is InChI=1S/C33H27F5N6O6/c1-42-24-7-9-39-15-20(24)30(46)44(32(42)48)25-6-5-17(19-4-3-8-40-28(19)25)12-23(31(47)49-2)41-29(45)27-21(34)13-18(14-22(27)35)43-10-11-50-16-26(43)33(36,37)38/h3-9,13-15,23,26H,10-12,16H2,1-2H3,(H,41,45)/t23-,26+/m0/s1. The Morgan fingerprint density at radius 3 is 2.52 bits per heavy atom. The summed E-state index contributed by atoms with van der Waals surface area (Å²) in [5.41, 5.74) is -1.82. The van der Waals surface area contributed by atoms with E-state index in [2.05, 4.69) is 15.3 Å². The molecule has 0 saturated carbocycles. The lowest BCUT2D eigenvalue weighted by molar-refractivity contribution is -0.167. The Bertz CT molecular complexity index is 2250. The third-order valence-electron chi connectivity index (χ3n) is 8.46. The van der Waals surface area contributed by atoms with Crippen LogP contribution in [0, 0.1) is 11.6 Å². The minimum absolute atomic E-state index is 0.114. The molecule has 1 fully saturated rings. The van der Waals surface area contributed by atoms with Gasteiger partial charge in [0.1, 0.15) is 29.3 Å². The maximum atomic E-state index is 15.3. The molecule has 6 rings (SSSR count). The number of hydrogen-bond acceptors (Lipinski definition) is 9. The second-order valence-corrected chi connectivity index (χ2v) is 11.4. The van der Waals surface area contributed by atoms with Crippen LogP contribution in [0.5, 0.6) is 0 Å². The Balaban J connectivity index is 1.34. The number of aromatic nitrogens is 4. The molecule has 5 aromatic rings. The van der Waals surface area contributed by atoms with Gasteiger partial charge in [-0.25, -0.2) is 22.9 Å². The highest BCUT2D eigenvalue weighted by Crippen LogP contribution is 2.33. The summed E-state index contributed by atoms with van der Waals surface area (Å²) in [7, 11) is 2.53. The number of pyridine rings is 2. The van der Waals surface area contributed by atoms with Gasteiger partial charge >= 0.3 is 17.8 Å². The molecule has 2 atom stereocenters. The number of halogens is 5. The third kappa shape index (κ3) is 6.15. The molecule has 0 bridgehead atoms. The number of nitrogens with zero attached hydrogens (tertiary/aromatic N) is 5. The molecule has 1 saturated heterocycles. The number of alkyl halides is 3. The van der Waals surface area contributed by atoms with Gasteiger partial charge in [0.15, 0.2) is 0 Å². The zero-order valence-electron chi connectivity index (χ0n) is 26.3. The van der Waals surface area contributed by atoms with Gasteiger partial charge in [-0.3, -0.25) is 24.1 Å². The first kappa shape index (κ1) is 34.2. The number of hydrogen-bond donors (Lipinski definition) is 1. The monoisotopic (exact) mass is 698 g/mol.